The first-order valence-corrected chi connectivity index (χ1v) is 5.50. The summed E-state index contributed by atoms with van der Waals surface area (Å²) in [5, 5.41) is 8.78. The number of hydrogen-bond acceptors (Lipinski definition) is 2. The minimum absolute atomic E-state index is 0.134. The molecule has 0 unspecified atom stereocenters. The summed E-state index contributed by atoms with van der Waals surface area (Å²) in [5.41, 5.74) is 0.134. The molecule has 0 saturated heterocycles. The zero-order chi connectivity index (χ0) is 10.2. The predicted molar refractivity (Wildman–Crippen MR) is 54.1 cm³/mol. The number of rotatable bonds is 6. The van der Waals surface area contributed by atoms with Gasteiger partial charge in [-0.15, -0.1) is 0 Å². The first kappa shape index (κ1) is 9.97. The summed E-state index contributed by atoms with van der Waals surface area (Å²) in [4.78, 5) is 13.0. The highest BCUT2D eigenvalue weighted by Crippen LogP contribution is 2.49. The van der Waals surface area contributed by atoms with Crippen LogP contribution in [0.3, 0.4) is 0 Å². The number of carbonyl (C=O) groups is 1. The van der Waals surface area contributed by atoms with E-state index in [9.17, 15) is 4.79 Å². The number of carboxylic acids is 1. The molecule has 14 heavy (non-hydrogen) atoms. The number of hydrogen-bond donors (Lipinski definition) is 1. The van der Waals surface area contributed by atoms with Crippen LogP contribution in [-0.2, 0) is 4.79 Å². The van der Waals surface area contributed by atoms with Crippen molar-refractivity contribution < 1.29 is 9.90 Å². The third-order valence-corrected chi connectivity index (χ3v) is 3.36. The maximum Gasteiger partial charge on any atom is 0.303 e. The molecular formula is C11H19NO2. The molecule has 2 rings (SSSR count). The summed E-state index contributed by atoms with van der Waals surface area (Å²) in [6, 6.07) is 0. The van der Waals surface area contributed by atoms with Gasteiger partial charge in [0, 0.05) is 13.1 Å². The molecule has 3 heteroatoms. The van der Waals surface area contributed by atoms with Crippen molar-refractivity contribution in [1.82, 2.24) is 4.90 Å². The fourth-order valence-corrected chi connectivity index (χ4v) is 2.27. The average molecular weight is 197 g/mol. The number of carboxylic acid groups (broad SMARTS) is 1. The van der Waals surface area contributed by atoms with Crippen LogP contribution < -0.4 is 0 Å². The molecule has 0 aliphatic heterocycles. The molecule has 1 N–H and O–H groups in total. The second-order valence-electron chi connectivity index (χ2n) is 5.21. The van der Waals surface area contributed by atoms with Crippen LogP contribution in [-0.4, -0.2) is 36.1 Å². The minimum atomic E-state index is -0.637. The molecule has 2 fully saturated rings. The smallest absolute Gasteiger partial charge is 0.303 e. The summed E-state index contributed by atoms with van der Waals surface area (Å²) in [5.74, 6) is 0.267. The van der Waals surface area contributed by atoms with E-state index < -0.39 is 5.97 Å². The van der Waals surface area contributed by atoms with Crippen molar-refractivity contribution in [2.24, 2.45) is 11.3 Å². The Bertz CT molecular complexity index is 231. The summed E-state index contributed by atoms with van der Waals surface area (Å²) in [6.07, 6.45) is 5.32. The topological polar surface area (TPSA) is 40.5 Å². The highest BCUT2D eigenvalue weighted by atomic mass is 16.4. The average Bonchev–Trinajstić information content (AvgIpc) is 2.88. The van der Waals surface area contributed by atoms with Crippen molar-refractivity contribution in [2.75, 3.05) is 20.1 Å². The van der Waals surface area contributed by atoms with Crippen LogP contribution in [0, 0.1) is 11.3 Å². The highest BCUT2D eigenvalue weighted by Gasteiger charge is 2.45. The van der Waals surface area contributed by atoms with Gasteiger partial charge in [0.05, 0.1) is 6.42 Å². The SMILES string of the molecule is CN(CC1CC1)CC1(CC(=O)O)CC1. The van der Waals surface area contributed by atoms with E-state index in [2.05, 4.69) is 11.9 Å². The molecule has 2 saturated carbocycles. The van der Waals surface area contributed by atoms with Gasteiger partial charge in [0.1, 0.15) is 0 Å². The van der Waals surface area contributed by atoms with Gasteiger partial charge < -0.3 is 10.0 Å². The van der Waals surface area contributed by atoms with Crippen LogP contribution in [0.15, 0.2) is 0 Å². The number of nitrogens with zero attached hydrogens (tertiary/aromatic N) is 1. The van der Waals surface area contributed by atoms with E-state index in [0.717, 1.165) is 25.3 Å². The third-order valence-electron chi connectivity index (χ3n) is 3.36. The monoisotopic (exact) mass is 197 g/mol. The van der Waals surface area contributed by atoms with Gasteiger partial charge in [-0.2, -0.15) is 0 Å². The lowest BCUT2D eigenvalue weighted by Crippen LogP contribution is -2.29. The molecule has 0 radical (unpaired) electrons. The largest absolute Gasteiger partial charge is 0.481 e. The summed E-state index contributed by atoms with van der Waals surface area (Å²) in [6.45, 7) is 2.15. The van der Waals surface area contributed by atoms with Gasteiger partial charge in [-0.1, -0.05) is 0 Å². The van der Waals surface area contributed by atoms with Gasteiger partial charge in [0.25, 0.3) is 0 Å². The molecule has 0 aromatic rings. The molecule has 0 amide bonds. The Labute approximate surface area is 85.1 Å². The molecule has 0 aromatic heterocycles. The molecule has 0 heterocycles. The van der Waals surface area contributed by atoms with E-state index in [1.807, 2.05) is 0 Å². The second kappa shape index (κ2) is 3.54. The lowest BCUT2D eigenvalue weighted by molar-refractivity contribution is -0.138. The van der Waals surface area contributed by atoms with Crippen molar-refractivity contribution in [3.63, 3.8) is 0 Å². The van der Waals surface area contributed by atoms with Crippen molar-refractivity contribution in [1.29, 1.82) is 0 Å². The van der Waals surface area contributed by atoms with E-state index in [1.54, 1.807) is 0 Å². The molecule has 80 valence electrons. The standard InChI is InChI=1S/C11H19NO2/c1-12(7-9-2-3-9)8-11(4-5-11)6-10(13)14/h9H,2-8H2,1H3,(H,13,14). The zero-order valence-electron chi connectivity index (χ0n) is 8.83. The third kappa shape index (κ3) is 2.71. The summed E-state index contributed by atoms with van der Waals surface area (Å²) in [7, 11) is 2.13. The van der Waals surface area contributed by atoms with Crippen LogP contribution >= 0.6 is 0 Å². The Morgan fingerprint density at radius 3 is 2.57 bits per heavy atom. The van der Waals surface area contributed by atoms with Gasteiger partial charge in [-0.3, -0.25) is 4.79 Å². The highest BCUT2D eigenvalue weighted by molar-refractivity contribution is 5.68. The lowest BCUT2D eigenvalue weighted by atomic mass is 10.0. The molecule has 0 spiro atoms. The van der Waals surface area contributed by atoms with Crippen LogP contribution in [0.25, 0.3) is 0 Å². The van der Waals surface area contributed by atoms with Gasteiger partial charge in [-0.25, -0.2) is 0 Å². The normalized spacial score (nSPS) is 23.9. The molecule has 0 atom stereocenters. The Hall–Kier alpha value is -0.570. The van der Waals surface area contributed by atoms with E-state index in [4.69, 9.17) is 5.11 Å². The fourth-order valence-electron chi connectivity index (χ4n) is 2.27. The first-order chi connectivity index (χ1) is 6.60. The van der Waals surface area contributed by atoms with Crippen molar-refractivity contribution in [3.8, 4) is 0 Å². The predicted octanol–water partition coefficient (Wildman–Crippen LogP) is 1.58. The quantitative estimate of drug-likeness (QED) is 0.703. The van der Waals surface area contributed by atoms with E-state index in [-0.39, 0.29) is 5.41 Å². The molecule has 0 bridgehead atoms. The van der Waals surface area contributed by atoms with Crippen LogP contribution in [0.2, 0.25) is 0 Å². The maximum absolute atomic E-state index is 10.7. The molecule has 2 aliphatic rings. The van der Waals surface area contributed by atoms with Crippen LogP contribution in [0.5, 0.6) is 0 Å². The van der Waals surface area contributed by atoms with Gasteiger partial charge in [0.15, 0.2) is 0 Å². The van der Waals surface area contributed by atoms with E-state index in [1.165, 1.54) is 19.4 Å². The minimum Gasteiger partial charge on any atom is -0.481 e. The Morgan fingerprint density at radius 1 is 1.50 bits per heavy atom. The van der Waals surface area contributed by atoms with Gasteiger partial charge in [-0.05, 0) is 44.1 Å². The van der Waals surface area contributed by atoms with Crippen molar-refractivity contribution in [3.05, 3.63) is 0 Å². The zero-order valence-corrected chi connectivity index (χ0v) is 8.83. The van der Waals surface area contributed by atoms with Crippen molar-refractivity contribution >= 4 is 5.97 Å². The molecular weight excluding hydrogens is 178 g/mol. The molecule has 3 nitrogen and oxygen atoms in total. The second-order valence-corrected chi connectivity index (χ2v) is 5.21. The van der Waals surface area contributed by atoms with Gasteiger partial charge >= 0.3 is 5.97 Å². The Kier molecular flexibility index (Phi) is 2.52. The summed E-state index contributed by atoms with van der Waals surface area (Å²) >= 11 is 0. The molecule has 0 aromatic carbocycles. The number of aliphatic carboxylic acids is 1. The van der Waals surface area contributed by atoms with E-state index >= 15 is 0 Å². The fraction of sp³-hybridized carbons (Fsp3) is 0.909. The van der Waals surface area contributed by atoms with Crippen molar-refractivity contribution in [2.45, 2.75) is 32.1 Å². The van der Waals surface area contributed by atoms with E-state index in [0.29, 0.717) is 6.42 Å². The lowest BCUT2D eigenvalue weighted by Gasteiger charge is -2.22. The Balaban J connectivity index is 1.74. The maximum atomic E-state index is 10.7. The van der Waals surface area contributed by atoms with Crippen LogP contribution in [0.1, 0.15) is 32.1 Å². The molecule has 2 aliphatic carbocycles. The summed E-state index contributed by atoms with van der Waals surface area (Å²) < 4.78 is 0. The first-order valence-electron chi connectivity index (χ1n) is 5.50. The van der Waals surface area contributed by atoms with Crippen LogP contribution in [0.4, 0.5) is 0 Å². The Morgan fingerprint density at radius 2 is 2.14 bits per heavy atom. The van der Waals surface area contributed by atoms with Gasteiger partial charge in [0.2, 0.25) is 0 Å².